The van der Waals surface area contributed by atoms with Gasteiger partial charge in [0.25, 0.3) is 0 Å². The summed E-state index contributed by atoms with van der Waals surface area (Å²) in [6.07, 6.45) is 0.819. The number of carboxylic acids is 1. The molecule has 3 N–H and O–H groups in total. The van der Waals surface area contributed by atoms with Crippen LogP contribution in [0.3, 0.4) is 0 Å². The molecule has 6 nitrogen and oxygen atoms in total. The van der Waals surface area contributed by atoms with E-state index in [1.165, 1.54) is 0 Å². The van der Waals surface area contributed by atoms with E-state index in [-0.39, 0.29) is 24.9 Å². The number of carboxylic acid groups (broad SMARTS) is 1. The van der Waals surface area contributed by atoms with Crippen LogP contribution in [0.25, 0.3) is 0 Å². The minimum absolute atomic E-state index is 0.0185. The number of aliphatic carboxylic acids is 1. The highest BCUT2D eigenvalue weighted by molar-refractivity contribution is 5.81. The predicted octanol–water partition coefficient (Wildman–Crippen LogP) is -0.578. The number of nitrogens with one attached hydrogen (secondary N) is 1. The van der Waals surface area contributed by atoms with Crippen molar-refractivity contribution < 1.29 is 19.8 Å². The first-order valence-electron chi connectivity index (χ1n) is 5.92. The number of carbonyl (C=O) groups is 2. The van der Waals surface area contributed by atoms with Crippen molar-refractivity contribution in [1.29, 1.82) is 0 Å². The molecular weight excluding hydrogens is 224 g/mol. The van der Waals surface area contributed by atoms with Crippen molar-refractivity contribution in [2.75, 3.05) is 19.6 Å². The van der Waals surface area contributed by atoms with Gasteiger partial charge in [-0.25, -0.2) is 0 Å². The molecule has 0 bridgehead atoms. The number of likely N-dealkylation sites (tertiary alicyclic amines) is 1. The van der Waals surface area contributed by atoms with Crippen molar-refractivity contribution in [3.8, 4) is 0 Å². The molecule has 0 aromatic heterocycles. The van der Waals surface area contributed by atoms with Crippen LogP contribution in [0.2, 0.25) is 0 Å². The molecule has 0 saturated carbocycles. The molecule has 0 spiro atoms. The summed E-state index contributed by atoms with van der Waals surface area (Å²) in [5.41, 5.74) is 0. The van der Waals surface area contributed by atoms with Gasteiger partial charge >= 0.3 is 5.97 Å². The quantitative estimate of drug-likeness (QED) is 0.582. The predicted molar refractivity (Wildman–Crippen MR) is 61.5 cm³/mol. The Kier molecular flexibility index (Phi) is 5.37. The molecule has 1 aliphatic rings. The molecule has 98 valence electrons. The molecule has 0 aromatic carbocycles. The first-order valence-corrected chi connectivity index (χ1v) is 5.92. The fourth-order valence-electron chi connectivity index (χ4n) is 1.89. The van der Waals surface area contributed by atoms with Crippen molar-refractivity contribution in [2.24, 2.45) is 0 Å². The Morgan fingerprint density at radius 3 is 2.47 bits per heavy atom. The number of amides is 1. The molecule has 1 fully saturated rings. The third-order valence-electron chi connectivity index (χ3n) is 2.86. The van der Waals surface area contributed by atoms with Crippen LogP contribution in [-0.4, -0.2) is 58.8 Å². The lowest BCUT2D eigenvalue weighted by molar-refractivity contribution is -0.139. The van der Waals surface area contributed by atoms with Crippen LogP contribution < -0.4 is 5.32 Å². The number of rotatable bonds is 6. The van der Waals surface area contributed by atoms with Gasteiger partial charge < -0.3 is 20.4 Å². The molecule has 2 atom stereocenters. The second-order valence-electron chi connectivity index (χ2n) is 4.41. The fourth-order valence-corrected chi connectivity index (χ4v) is 1.89. The van der Waals surface area contributed by atoms with Gasteiger partial charge in [-0.15, -0.1) is 0 Å². The highest BCUT2D eigenvalue weighted by Gasteiger charge is 2.23. The zero-order chi connectivity index (χ0) is 12.8. The monoisotopic (exact) mass is 244 g/mol. The minimum atomic E-state index is -1.04. The number of aliphatic hydroxyl groups is 1. The second kappa shape index (κ2) is 6.56. The first kappa shape index (κ1) is 13.9. The summed E-state index contributed by atoms with van der Waals surface area (Å²) < 4.78 is 0. The highest BCUT2D eigenvalue weighted by Crippen LogP contribution is 2.08. The Labute approximate surface area is 101 Å². The van der Waals surface area contributed by atoms with E-state index < -0.39 is 12.1 Å². The average Bonchev–Trinajstić information content (AvgIpc) is 2.77. The normalized spacial score (nSPS) is 19.1. The highest BCUT2D eigenvalue weighted by atomic mass is 16.4. The van der Waals surface area contributed by atoms with Gasteiger partial charge in [0, 0.05) is 19.6 Å². The van der Waals surface area contributed by atoms with Crippen LogP contribution in [0.15, 0.2) is 0 Å². The Morgan fingerprint density at radius 2 is 1.94 bits per heavy atom. The molecule has 1 rings (SSSR count). The molecule has 0 aromatic rings. The van der Waals surface area contributed by atoms with Gasteiger partial charge in [0.05, 0.1) is 18.6 Å². The van der Waals surface area contributed by atoms with Crippen LogP contribution in [0.1, 0.15) is 26.2 Å². The van der Waals surface area contributed by atoms with Gasteiger partial charge in [-0.2, -0.15) is 0 Å². The molecule has 0 aliphatic carbocycles. The topological polar surface area (TPSA) is 89.9 Å². The molecule has 1 aliphatic heterocycles. The molecule has 0 radical (unpaired) electrons. The number of hydrogen-bond acceptors (Lipinski definition) is 4. The van der Waals surface area contributed by atoms with E-state index in [1.54, 1.807) is 11.8 Å². The molecule has 2 unspecified atom stereocenters. The number of nitrogens with zero attached hydrogens (tertiary/aromatic N) is 1. The van der Waals surface area contributed by atoms with Crippen LogP contribution in [0, 0.1) is 0 Å². The molecule has 1 amide bonds. The maximum absolute atomic E-state index is 11.8. The Morgan fingerprint density at radius 1 is 1.35 bits per heavy atom. The maximum atomic E-state index is 11.8. The van der Waals surface area contributed by atoms with Crippen molar-refractivity contribution in [3.05, 3.63) is 0 Å². The Bertz CT molecular complexity index is 277. The standard InChI is InChI=1S/C11H20N2O4/c1-8(11(17)13-4-2-3-5-13)12-7-9(14)6-10(15)16/h8-9,12,14H,2-7H2,1H3,(H,15,16). The van der Waals surface area contributed by atoms with Gasteiger partial charge in [0.1, 0.15) is 0 Å². The minimum Gasteiger partial charge on any atom is -0.481 e. The van der Waals surface area contributed by atoms with E-state index in [0.29, 0.717) is 0 Å². The molecule has 17 heavy (non-hydrogen) atoms. The van der Waals surface area contributed by atoms with Crippen molar-refractivity contribution >= 4 is 11.9 Å². The maximum Gasteiger partial charge on any atom is 0.306 e. The van der Waals surface area contributed by atoms with E-state index in [9.17, 15) is 14.7 Å². The molecular formula is C11H20N2O4. The van der Waals surface area contributed by atoms with Crippen LogP contribution in [0.5, 0.6) is 0 Å². The van der Waals surface area contributed by atoms with Gasteiger partial charge in [0.2, 0.25) is 5.91 Å². The summed E-state index contributed by atoms with van der Waals surface area (Å²) in [5.74, 6) is -1.03. The summed E-state index contributed by atoms with van der Waals surface area (Å²) in [6.45, 7) is 3.44. The fraction of sp³-hybridized carbons (Fsp3) is 0.818. The Balaban J connectivity index is 2.25. The van der Waals surface area contributed by atoms with E-state index in [1.807, 2.05) is 0 Å². The van der Waals surface area contributed by atoms with Gasteiger partial charge in [-0.05, 0) is 19.8 Å². The molecule has 1 heterocycles. The van der Waals surface area contributed by atoms with Crippen LogP contribution in [-0.2, 0) is 9.59 Å². The van der Waals surface area contributed by atoms with Crippen LogP contribution in [0.4, 0.5) is 0 Å². The lowest BCUT2D eigenvalue weighted by atomic mass is 10.2. The van der Waals surface area contributed by atoms with Crippen LogP contribution >= 0.6 is 0 Å². The molecule has 6 heteroatoms. The van der Waals surface area contributed by atoms with E-state index in [2.05, 4.69) is 5.32 Å². The lowest BCUT2D eigenvalue weighted by Crippen LogP contribution is -2.46. The third kappa shape index (κ3) is 4.70. The first-order chi connectivity index (χ1) is 8.00. The zero-order valence-corrected chi connectivity index (χ0v) is 10.1. The smallest absolute Gasteiger partial charge is 0.306 e. The summed E-state index contributed by atoms with van der Waals surface area (Å²) in [6, 6.07) is -0.378. The zero-order valence-electron chi connectivity index (χ0n) is 10.1. The summed E-state index contributed by atoms with van der Waals surface area (Å²) >= 11 is 0. The second-order valence-corrected chi connectivity index (χ2v) is 4.41. The lowest BCUT2D eigenvalue weighted by Gasteiger charge is -2.22. The van der Waals surface area contributed by atoms with E-state index in [4.69, 9.17) is 5.11 Å². The molecule has 1 saturated heterocycles. The average molecular weight is 244 g/mol. The SMILES string of the molecule is CC(NCC(O)CC(=O)O)C(=O)N1CCCC1. The number of aliphatic hydroxyl groups excluding tert-OH is 1. The number of hydrogen-bond donors (Lipinski definition) is 3. The Hall–Kier alpha value is -1.14. The third-order valence-corrected chi connectivity index (χ3v) is 2.86. The van der Waals surface area contributed by atoms with Crippen molar-refractivity contribution in [1.82, 2.24) is 10.2 Å². The summed E-state index contributed by atoms with van der Waals surface area (Å²) in [5, 5.41) is 20.7. The van der Waals surface area contributed by atoms with Crippen molar-refractivity contribution in [2.45, 2.75) is 38.3 Å². The van der Waals surface area contributed by atoms with Gasteiger partial charge in [0.15, 0.2) is 0 Å². The van der Waals surface area contributed by atoms with Crippen molar-refractivity contribution in [3.63, 3.8) is 0 Å². The largest absolute Gasteiger partial charge is 0.481 e. The summed E-state index contributed by atoms with van der Waals surface area (Å²) in [4.78, 5) is 24.0. The van der Waals surface area contributed by atoms with Gasteiger partial charge in [-0.3, -0.25) is 9.59 Å². The summed E-state index contributed by atoms with van der Waals surface area (Å²) in [7, 11) is 0. The van der Waals surface area contributed by atoms with E-state index >= 15 is 0 Å². The van der Waals surface area contributed by atoms with E-state index in [0.717, 1.165) is 25.9 Å². The number of carbonyl (C=O) groups excluding carboxylic acids is 1. The van der Waals surface area contributed by atoms with Gasteiger partial charge in [-0.1, -0.05) is 0 Å².